The summed E-state index contributed by atoms with van der Waals surface area (Å²) in [4.78, 5) is 28.4. The van der Waals surface area contributed by atoms with Crippen LogP contribution in [0.15, 0.2) is 16.9 Å². The molecule has 0 unspecified atom stereocenters. The van der Waals surface area contributed by atoms with Crippen molar-refractivity contribution in [2.75, 3.05) is 36.8 Å². The van der Waals surface area contributed by atoms with Crippen LogP contribution in [0.4, 0.5) is 24.0 Å². The lowest BCUT2D eigenvalue weighted by Gasteiger charge is -2.34. The van der Waals surface area contributed by atoms with Crippen LogP contribution in [0.1, 0.15) is 44.6 Å². The molecule has 1 aliphatic rings. The minimum absolute atomic E-state index is 0.0615. The smallest absolute Gasteiger partial charge is 0.345 e. The summed E-state index contributed by atoms with van der Waals surface area (Å²) >= 11 is 0.750. The number of piperazine rings is 1. The molecule has 3 rings (SSSR count). The minimum Gasteiger partial charge on any atom is -0.345 e. The van der Waals surface area contributed by atoms with Gasteiger partial charge in [0.1, 0.15) is 4.70 Å². The normalized spacial score (nSPS) is 15.7. The Morgan fingerprint density at radius 1 is 1.12 bits per heavy atom. The van der Waals surface area contributed by atoms with Crippen molar-refractivity contribution in [1.29, 1.82) is 0 Å². The number of nitro benzene ring substituents is 1. The van der Waals surface area contributed by atoms with Gasteiger partial charge in [-0.15, -0.1) is 0 Å². The summed E-state index contributed by atoms with van der Waals surface area (Å²) in [5, 5.41) is 11.1. The zero-order valence-electron chi connectivity index (χ0n) is 18.5. The standard InChI is InChI=1S/C20H25F3N4O5S2/c1-2-3-4-5-6-11-34(31,32)26-9-7-25(8-10-26)19-24-18(28)15-12-14(20(21,22)23)13-16(27(29)30)17(15)33-19/h12-13H,2-11H2,1H3. The predicted octanol–water partition coefficient (Wildman–Crippen LogP) is 4.01. The number of nitro groups is 1. The molecule has 1 aliphatic heterocycles. The molecule has 0 amide bonds. The minimum atomic E-state index is -4.85. The molecular formula is C20H25F3N4O5S2. The van der Waals surface area contributed by atoms with Gasteiger partial charge in [-0.05, 0) is 12.5 Å². The molecule has 0 N–H and O–H groups in total. The van der Waals surface area contributed by atoms with Gasteiger partial charge in [0.25, 0.3) is 11.2 Å². The molecule has 2 aromatic rings. The molecule has 34 heavy (non-hydrogen) atoms. The predicted molar refractivity (Wildman–Crippen MR) is 124 cm³/mol. The van der Waals surface area contributed by atoms with Crippen molar-refractivity contribution < 1.29 is 26.5 Å². The summed E-state index contributed by atoms with van der Waals surface area (Å²) in [5.41, 5.74) is -3.11. The Bertz CT molecular complexity index is 1210. The van der Waals surface area contributed by atoms with Crippen molar-refractivity contribution in [1.82, 2.24) is 9.29 Å². The van der Waals surface area contributed by atoms with Gasteiger partial charge < -0.3 is 4.90 Å². The first-order valence-electron chi connectivity index (χ1n) is 10.9. The Balaban J connectivity index is 1.79. The van der Waals surface area contributed by atoms with Gasteiger partial charge in [-0.1, -0.05) is 43.9 Å². The van der Waals surface area contributed by atoms with Crippen molar-refractivity contribution in [2.45, 2.75) is 45.2 Å². The van der Waals surface area contributed by atoms with Gasteiger partial charge >= 0.3 is 6.18 Å². The lowest BCUT2D eigenvalue weighted by atomic mass is 10.1. The largest absolute Gasteiger partial charge is 0.416 e. The average Bonchev–Trinajstić information content (AvgIpc) is 2.77. The van der Waals surface area contributed by atoms with E-state index in [1.54, 1.807) is 4.90 Å². The Morgan fingerprint density at radius 3 is 2.35 bits per heavy atom. The van der Waals surface area contributed by atoms with Crippen LogP contribution in [0.25, 0.3) is 10.1 Å². The van der Waals surface area contributed by atoms with Crippen LogP contribution in [-0.2, 0) is 16.2 Å². The summed E-state index contributed by atoms with van der Waals surface area (Å²) in [7, 11) is -3.42. The second-order valence-corrected chi connectivity index (χ2v) is 11.1. The van der Waals surface area contributed by atoms with Crippen LogP contribution in [0, 0.1) is 10.1 Å². The second-order valence-electron chi connectivity index (χ2n) is 8.04. The number of rotatable bonds is 9. The molecule has 0 spiro atoms. The SMILES string of the molecule is CCCCCCCS(=O)(=O)N1CCN(c2nc(=O)c3cc(C(F)(F)F)cc([N+](=O)[O-])c3s2)CC1. The van der Waals surface area contributed by atoms with E-state index in [4.69, 9.17) is 0 Å². The Hall–Kier alpha value is -2.32. The number of anilines is 1. The third-order valence-corrected chi connectivity index (χ3v) is 8.74. The maximum Gasteiger partial charge on any atom is 0.416 e. The van der Waals surface area contributed by atoms with Gasteiger partial charge in [0, 0.05) is 32.2 Å². The molecule has 2 heterocycles. The summed E-state index contributed by atoms with van der Waals surface area (Å²) in [6.07, 6.45) is -0.307. The molecule has 1 aromatic carbocycles. The van der Waals surface area contributed by atoms with Crippen molar-refractivity contribution in [2.24, 2.45) is 0 Å². The highest BCUT2D eigenvalue weighted by Crippen LogP contribution is 2.38. The highest BCUT2D eigenvalue weighted by atomic mass is 32.2. The first-order valence-corrected chi connectivity index (χ1v) is 13.3. The van der Waals surface area contributed by atoms with E-state index in [0.717, 1.165) is 37.0 Å². The number of sulfonamides is 1. The number of alkyl halides is 3. The van der Waals surface area contributed by atoms with E-state index in [-0.39, 0.29) is 41.8 Å². The van der Waals surface area contributed by atoms with Gasteiger partial charge in [0.2, 0.25) is 10.0 Å². The van der Waals surface area contributed by atoms with E-state index < -0.39 is 43.3 Å². The van der Waals surface area contributed by atoms with Gasteiger partial charge in [-0.2, -0.15) is 22.5 Å². The lowest BCUT2D eigenvalue weighted by molar-refractivity contribution is -0.383. The highest BCUT2D eigenvalue weighted by Gasteiger charge is 2.35. The van der Waals surface area contributed by atoms with E-state index in [0.29, 0.717) is 18.6 Å². The van der Waals surface area contributed by atoms with Gasteiger partial charge in [-0.3, -0.25) is 14.9 Å². The summed E-state index contributed by atoms with van der Waals surface area (Å²) in [6, 6.07) is 0.982. The number of unbranched alkanes of at least 4 members (excludes halogenated alkanes) is 4. The maximum absolute atomic E-state index is 13.1. The number of hydrogen-bond donors (Lipinski definition) is 0. The van der Waals surface area contributed by atoms with Crippen LogP contribution >= 0.6 is 11.3 Å². The fourth-order valence-electron chi connectivity index (χ4n) is 3.75. The number of non-ortho nitro benzene ring substituents is 1. The first-order chi connectivity index (χ1) is 15.9. The zero-order valence-corrected chi connectivity index (χ0v) is 20.1. The zero-order chi connectivity index (χ0) is 25.1. The van der Waals surface area contributed by atoms with Gasteiger partial charge in [-0.25, -0.2) is 8.42 Å². The quantitative estimate of drug-likeness (QED) is 0.278. The molecule has 1 fully saturated rings. The van der Waals surface area contributed by atoms with Crippen LogP contribution in [0.5, 0.6) is 0 Å². The van der Waals surface area contributed by atoms with Crippen LogP contribution in [0.2, 0.25) is 0 Å². The lowest BCUT2D eigenvalue weighted by Crippen LogP contribution is -2.49. The van der Waals surface area contributed by atoms with Gasteiger partial charge in [0.15, 0.2) is 5.13 Å². The fraction of sp³-hybridized carbons (Fsp3) is 0.600. The molecule has 0 radical (unpaired) electrons. The molecule has 0 bridgehead atoms. The van der Waals surface area contributed by atoms with Crippen LogP contribution < -0.4 is 10.5 Å². The maximum atomic E-state index is 13.1. The van der Waals surface area contributed by atoms with E-state index in [1.165, 1.54) is 4.31 Å². The Kier molecular flexibility index (Phi) is 8.14. The fourth-order valence-corrected chi connectivity index (χ4v) is 6.41. The topological polar surface area (TPSA) is 114 Å². The molecule has 14 heteroatoms. The number of nitrogens with zero attached hydrogens (tertiary/aromatic N) is 4. The number of benzene rings is 1. The highest BCUT2D eigenvalue weighted by molar-refractivity contribution is 7.89. The molecule has 0 atom stereocenters. The monoisotopic (exact) mass is 522 g/mol. The molecule has 0 aliphatic carbocycles. The molecular weight excluding hydrogens is 497 g/mol. The van der Waals surface area contributed by atoms with Crippen molar-refractivity contribution in [3.63, 3.8) is 0 Å². The molecule has 1 saturated heterocycles. The summed E-state index contributed by atoms with van der Waals surface area (Å²) in [6.45, 7) is 2.81. The van der Waals surface area contributed by atoms with Gasteiger partial charge in [0.05, 0.1) is 21.6 Å². The van der Waals surface area contributed by atoms with E-state index in [1.807, 2.05) is 0 Å². The summed E-state index contributed by atoms with van der Waals surface area (Å²) in [5.74, 6) is 0.0615. The van der Waals surface area contributed by atoms with Crippen LogP contribution in [-0.4, -0.2) is 54.6 Å². The van der Waals surface area contributed by atoms with Crippen molar-refractivity contribution in [3.8, 4) is 0 Å². The molecule has 0 saturated carbocycles. The first kappa shape index (κ1) is 26.3. The molecule has 9 nitrogen and oxygen atoms in total. The van der Waals surface area contributed by atoms with E-state index in [9.17, 15) is 36.5 Å². The van der Waals surface area contributed by atoms with Crippen molar-refractivity contribution >= 4 is 42.3 Å². The number of hydrogen-bond acceptors (Lipinski definition) is 8. The second kappa shape index (κ2) is 10.5. The van der Waals surface area contributed by atoms with Crippen molar-refractivity contribution in [3.05, 3.63) is 38.2 Å². The van der Waals surface area contributed by atoms with Crippen LogP contribution in [0.3, 0.4) is 0 Å². The third-order valence-electron chi connectivity index (χ3n) is 5.62. The number of fused-ring (bicyclic) bond motifs is 1. The summed E-state index contributed by atoms with van der Waals surface area (Å²) < 4.78 is 65.8. The Labute approximate surface area is 198 Å². The third kappa shape index (κ3) is 6.02. The molecule has 188 valence electrons. The van der Waals surface area contributed by atoms with E-state index in [2.05, 4.69) is 11.9 Å². The number of halogens is 3. The Morgan fingerprint density at radius 2 is 1.76 bits per heavy atom. The molecule has 1 aromatic heterocycles. The number of aromatic nitrogens is 1. The average molecular weight is 523 g/mol. The van der Waals surface area contributed by atoms with E-state index >= 15 is 0 Å².